The topological polar surface area (TPSA) is 15.3 Å². The van der Waals surface area contributed by atoms with Crippen LogP contribution in [0.2, 0.25) is 0 Å². The highest BCUT2D eigenvalue weighted by Gasteiger charge is 2.24. The zero-order valence-corrected chi connectivity index (χ0v) is 11.0. The van der Waals surface area contributed by atoms with E-state index in [1.807, 2.05) is 0 Å². The molecule has 0 amide bonds. The molecule has 94 valence electrons. The van der Waals surface area contributed by atoms with Gasteiger partial charge in [-0.25, -0.2) is 0 Å². The summed E-state index contributed by atoms with van der Waals surface area (Å²) in [6.45, 7) is 8.47. The van der Waals surface area contributed by atoms with Crippen molar-refractivity contribution in [3.63, 3.8) is 0 Å². The van der Waals surface area contributed by atoms with Gasteiger partial charge in [0.1, 0.15) is 0 Å². The summed E-state index contributed by atoms with van der Waals surface area (Å²) in [5, 5.41) is 3.81. The lowest BCUT2D eigenvalue weighted by atomic mass is 9.87. The highest BCUT2D eigenvalue weighted by Crippen LogP contribution is 2.24. The molecule has 0 aromatic rings. The van der Waals surface area contributed by atoms with Crippen LogP contribution in [0.25, 0.3) is 0 Å². The van der Waals surface area contributed by atoms with Gasteiger partial charge in [-0.2, -0.15) is 0 Å². The molecule has 1 saturated carbocycles. The fraction of sp³-hybridized carbons (Fsp3) is 1.00. The molecular formula is C14H28N2. The molecule has 0 bridgehead atoms. The van der Waals surface area contributed by atoms with Gasteiger partial charge in [-0.15, -0.1) is 0 Å². The summed E-state index contributed by atoms with van der Waals surface area (Å²) in [7, 11) is 0. The molecule has 1 unspecified atom stereocenters. The van der Waals surface area contributed by atoms with E-state index in [0.29, 0.717) is 0 Å². The monoisotopic (exact) mass is 224 g/mol. The van der Waals surface area contributed by atoms with Gasteiger partial charge in [0, 0.05) is 18.6 Å². The SMILES string of the molecule is CCN1CCCC1CNC1CCC(C)CC1. The normalized spacial score (nSPS) is 36.8. The second-order valence-electron chi connectivity index (χ2n) is 5.79. The van der Waals surface area contributed by atoms with E-state index in [4.69, 9.17) is 0 Å². The van der Waals surface area contributed by atoms with E-state index >= 15 is 0 Å². The lowest BCUT2D eigenvalue weighted by Crippen LogP contribution is -2.42. The molecule has 1 saturated heterocycles. The molecule has 2 rings (SSSR count). The maximum atomic E-state index is 3.81. The minimum Gasteiger partial charge on any atom is -0.312 e. The average molecular weight is 224 g/mol. The summed E-state index contributed by atoms with van der Waals surface area (Å²) >= 11 is 0. The molecule has 0 radical (unpaired) electrons. The minimum absolute atomic E-state index is 0.815. The van der Waals surface area contributed by atoms with Crippen molar-refractivity contribution in [1.29, 1.82) is 0 Å². The van der Waals surface area contributed by atoms with Crippen molar-refractivity contribution in [2.45, 2.75) is 64.5 Å². The molecule has 2 aliphatic rings. The van der Waals surface area contributed by atoms with Crippen LogP contribution in [0.1, 0.15) is 52.4 Å². The summed E-state index contributed by atoms with van der Waals surface area (Å²) in [6, 6.07) is 1.64. The van der Waals surface area contributed by atoms with Gasteiger partial charge in [0.05, 0.1) is 0 Å². The number of hydrogen-bond donors (Lipinski definition) is 1. The predicted octanol–water partition coefficient (Wildman–Crippen LogP) is 2.64. The van der Waals surface area contributed by atoms with E-state index in [2.05, 4.69) is 24.1 Å². The number of hydrogen-bond acceptors (Lipinski definition) is 2. The molecule has 0 aromatic heterocycles. The van der Waals surface area contributed by atoms with Crippen molar-refractivity contribution >= 4 is 0 Å². The third-order valence-corrected chi connectivity index (χ3v) is 4.56. The van der Waals surface area contributed by atoms with Gasteiger partial charge >= 0.3 is 0 Å². The Morgan fingerprint density at radius 2 is 1.88 bits per heavy atom. The molecule has 1 N–H and O–H groups in total. The molecular weight excluding hydrogens is 196 g/mol. The minimum atomic E-state index is 0.815. The number of likely N-dealkylation sites (tertiary alicyclic amines) is 1. The quantitative estimate of drug-likeness (QED) is 0.790. The molecule has 0 spiro atoms. The van der Waals surface area contributed by atoms with Crippen LogP contribution in [-0.4, -0.2) is 36.6 Å². The second kappa shape index (κ2) is 6.02. The van der Waals surface area contributed by atoms with Crippen LogP contribution in [0.5, 0.6) is 0 Å². The standard InChI is InChI=1S/C14H28N2/c1-3-16-10-4-5-14(16)11-15-13-8-6-12(2)7-9-13/h12-15H,3-11H2,1-2H3. The first-order valence-corrected chi connectivity index (χ1v) is 7.27. The predicted molar refractivity (Wildman–Crippen MR) is 69.7 cm³/mol. The van der Waals surface area contributed by atoms with Crippen molar-refractivity contribution in [3.8, 4) is 0 Å². The van der Waals surface area contributed by atoms with E-state index in [1.54, 1.807) is 0 Å². The van der Waals surface area contributed by atoms with E-state index in [-0.39, 0.29) is 0 Å². The van der Waals surface area contributed by atoms with Crippen molar-refractivity contribution < 1.29 is 0 Å². The summed E-state index contributed by atoms with van der Waals surface area (Å²) in [6.07, 6.45) is 8.48. The Balaban J connectivity index is 1.67. The van der Waals surface area contributed by atoms with E-state index in [9.17, 15) is 0 Å². The van der Waals surface area contributed by atoms with Crippen LogP contribution in [0.3, 0.4) is 0 Å². The smallest absolute Gasteiger partial charge is 0.0221 e. The first-order valence-electron chi connectivity index (χ1n) is 7.27. The van der Waals surface area contributed by atoms with E-state index in [1.165, 1.54) is 58.2 Å². The van der Waals surface area contributed by atoms with Gasteiger partial charge < -0.3 is 5.32 Å². The first-order chi connectivity index (χ1) is 7.79. The lowest BCUT2D eigenvalue weighted by molar-refractivity contribution is 0.236. The van der Waals surface area contributed by atoms with Crippen molar-refractivity contribution in [2.24, 2.45) is 5.92 Å². The largest absolute Gasteiger partial charge is 0.312 e. The molecule has 1 atom stereocenters. The summed E-state index contributed by atoms with van der Waals surface area (Å²) in [4.78, 5) is 2.64. The Labute approximate surface area is 101 Å². The zero-order valence-electron chi connectivity index (χ0n) is 11.0. The van der Waals surface area contributed by atoms with Crippen LogP contribution >= 0.6 is 0 Å². The van der Waals surface area contributed by atoms with Crippen LogP contribution in [0, 0.1) is 5.92 Å². The molecule has 2 nitrogen and oxygen atoms in total. The van der Waals surface area contributed by atoms with Crippen molar-refractivity contribution in [1.82, 2.24) is 10.2 Å². The molecule has 1 aliphatic heterocycles. The Bertz CT molecular complexity index is 197. The molecule has 2 heteroatoms. The number of nitrogens with zero attached hydrogens (tertiary/aromatic N) is 1. The van der Waals surface area contributed by atoms with Gasteiger partial charge in [-0.05, 0) is 57.5 Å². The summed E-state index contributed by atoms with van der Waals surface area (Å²) in [5.74, 6) is 0.969. The second-order valence-corrected chi connectivity index (χ2v) is 5.79. The molecule has 1 heterocycles. The van der Waals surface area contributed by atoms with Gasteiger partial charge in [-0.3, -0.25) is 4.90 Å². The molecule has 2 fully saturated rings. The third kappa shape index (κ3) is 3.21. The Kier molecular flexibility index (Phi) is 4.66. The highest BCUT2D eigenvalue weighted by atomic mass is 15.2. The number of likely N-dealkylation sites (N-methyl/N-ethyl adjacent to an activating group) is 1. The molecule has 16 heavy (non-hydrogen) atoms. The third-order valence-electron chi connectivity index (χ3n) is 4.56. The first kappa shape index (κ1) is 12.4. The average Bonchev–Trinajstić information content (AvgIpc) is 2.76. The van der Waals surface area contributed by atoms with Crippen LogP contribution in [0.15, 0.2) is 0 Å². The maximum Gasteiger partial charge on any atom is 0.0221 e. The van der Waals surface area contributed by atoms with Crippen LogP contribution in [0.4, 0.5) is 0 Å². The van der Waals surface area contributed by atoms with Crippen LogP contribution in [-0.2, 0) is 0 Å². The van der Waals surface area contributed by atoms with Crippen LogP contribution < -0.4 is 5.32 Å². The Morgan fingerprint density at radius 1 is 1.12 bits per heavy atom. The maximum absolute atomic E-state index is 3.81. The van der Waals surface area contributed by atoms with Crippen molar-refractivity contribution in [2.75, 3.05) is 19.6 Å². The Morgan fingerprint density at radius 3 is 2.56 bits per heavy atom. The Hall–Kier alpha value is -0.0800. The molecule has 1 aliphatic carbocycles. The van der Waals surface area contributed by atoms with Crippen molar-refractivity contribution in [3.05, 3.63) is 0 Å². The van der Waals surface area contributed by atoms with Gasteiger partial charge in [0.15, 0.2) is 0 Å². The number of rotatable bonds is 4. The molecule has 0 aromatic carbocycles. The fourth-order valence-corrected chi connectivity index (χ4v) is 3.31. The van der Waals surface area contributed by atoms with Gasteiger partial charge in [0.2, 0.25) is 0 Å². The number of nitrogens with one attached hydrogen (secondary N) is 1. The van der Waals surface area contributed by atoms with Gasteiger partial charge in [0.25, 0.3) is 0 Å². The lowest BCUT2D eigenvalue weighted by Gasteiger charge is -2.30. The van der Waals surface area contributed by atoms with E-state index in [0.717, 1.165) is 18.0 Å². The highest BCUT2D eigenvalue weighted by molar-refractivity contribution is 4.83. The summed E-state index contributed by atoms with van der Waals surface area (Å²) in [5.41, 5.74) is 0. The van der Waals surface area contributed by atoms with Gasteiger partial charge in [-0.1, -0.05) is 13.8 Å². The summed E-state index contributed by atoms with van der Waals surface area (Å²) < 4.78 is 0. The fourth-order valence-electron chi connectivity index (χ4n) is 3.31. The van der Waals surface area contributed by atoms with E-state index < -0.39 is 0 Å². The zero-order chi connectivity index (χ0) is 11.4.